The SMILES string of the molecule is C[C@]12CC3CC(Br)(C1)C[C@@](CN1CCNCC1)(C3)C2. The highest BCUT2D eigenvalue weighted by Gasteiger charge is 2.61. The minimum absolute atomic E-state index is 0.495. The quantitative estimate of drug-likeness (QED) is 0.785. The van der Waals surface area contributed by atoms with Crippen LogP contribution in [0.4, 0.5) is 0 Å². The summed E-state index contributed by atoms with van der Waals surface area (Å²) in [5, 5.41) is 3.49. The largest absolute Gasteiger partial charge is 0.314 e. The molecule has 0 spiro atoms. The monoisotopic (exact) mass is 326 g/mol. The highest BCUT2D eigenvalue weighted by atomic mass is 79.9. The maximum absolute atomic E-state index is 4.16. The van der Waals surface area contributed by atoms with Crippen LogP contribution >= 0.6 is 15.9 Å². The Bertz CT molecular complexity index is 359. The molecule has 3 heteroatoms. The lowest BCUT2D eigenvalue weighted by Gasteiger charge is -2.65. The molecule has 108 valence electrons. The van der Waals surface area contributed by atoms with Crippen molar-refractivity contribution >= 4 is 15.9 Å². The van der Waals surface area contributed by atoms with Gasteiger partial charge in [-0.2, -0.15) is 0 Å². The van der Waals surface area contributed by atoms with E-state index in [0.29, 0.717) is 15.2 Å². The Labute approximate surface area is 125 Å². The standard InChI is InChI=1S/C16H27BrN2/c1-14-6-13-7-15(9-14,11-16(17,8-13)10-14)12-19-4-2-18-3-5-19/h13,18H,2-12H2,1H3/t13?,14-,15-,16?/m1/s1. The minimum Gasteiger partial charge on any atom is -0.314 e. The van der Waals surface area contributed by atoms with E-state index in [1.807, 2.05) is 0 Å². The van der Waals surface area contributed by atoms with Crippen LogP contribution in [0.1, 0.15) is 45.4 Å². The number of hydrogen-bond donors (Lipinski definition) is 1. The summed E-state index contributed by atoms with van der Waals surface area (Å²) >= 11 is 4.16. The molecule has 5 aliphatic rings. The van der Waals surface area contributed by atoms with Crippen LogP contribution in [0, 0.1) is 16.7 Å². The van der Waals surface area contributed by atoms with E-state index in [0.717, 1.165) is 5.92 Å². The molecule has 2 unspecified atom stereocenters. The van der Waals surface area contributed by atoms with Gasteiger partial charge in [0.15, 0.2) is 0 Å². The summed E-state index contributed by atoms with van der Waals surface area (Å²) in [4.78, 5) is 2.74. The average Bonchev–Trinajstić information content (AvgIpc) is 2.24. The van der Waals surface area contributed by atoms with Crippen molar-refractivity contribution in [1.29, 1.82) is 0 Å². The summed E-state index contributed by atoms with van der Waals surface area (Å²) in [5.74, 6) is 1.00. The molecule has 5 rings (SSSR count). The van der Waals surface area contributed by atoms with Gasteiger partial charge < -0.3 is 10.2 Å². The number of nitrogens with zero attached hydrogens (tertiary/aromatic N) is 1. The Morgan fingerprint density at radius 3 is 2.58 bits per heavy atom. The van der Waals surface area contributed by atoms with E-state index in [4.69, 9.17) is 0 Å². The maximum atomic E-state index is 4.16. The van der Waals surface area contributed by atoms with Crippen LogP contribution in [-0.2, 0) is 0 Å². The van der Waals surface area contributed by atoms with Gasteiger partial charge in [-0.25, -0.2) is 0 Å². The van der Waals surface area contributed by atoms with Gasteiger partial charge in [0, 0.05) is 37.0 Å². The van der Waals surface area contributed by atoms with Crippen molar-refractivity contribution in [3.8, 4) is 0 Å². The second kappa shape index (κ2) is 4.20. The van der Waals surface area contributed by atoms with Crippen LogP contribution < -0.4 is 5.32 Å². The summed E-state index contributed by atoms with van der Waals surface area (Å²) < 4.78 is 0.495. The molecule has 0 aromatic carbocycles. The molecule has 4 saturated carbocycles. The highest BCUT2D eigenvalue weighted by molar-refractivity contribution is 9.10. The first-order valence-corrected chi connectivity index (χ1v) is 8.90. The third-order valence-corrected chi connectivity index (χ3v) is 7.05. The average molecular weight is 327 g/mol. The van der Waals surface area contributed by atoms with Gasteiger partial charge in [0.1, 0.15) is 0 Å². The fraction of sp³-hybridized carbons (Fsp3) is 1.00. The molecule has 1 heterocycles. The number of halogens is 1. The van der Waals surface area contributed by atoms with Gasteiger partial charge in [-0.15, -0.1) is 0 Å². The molecular weight excluding hydrogens is 300 g/mol. The molecule has 0 amide bonds. The van der Waals surface area contributed by atoms with Crippen molar-refractivity contribution in [3.63, 3.8) is 0 Å². The molecule has 4 atom stereocenters. The molecule has 2 nitrogen and oxygen atoms in total. The normalized spacial score (nSPS) is 53.7. The highest BCUT2D eigenvalue weighted by Crippen LogP contribution is 2.68. The predicted octanol–water partition coefficient (Wildman–Crippen LogP) is 3.02. The molecule has 1 aliphatic heterocycles. The number of piperazine rings is 1. The lowest BCUT2D eigenvalue weighted by molar-refractivity contribution is -0.0987. The van der Waals surface area contributed by atoms with E-state index in [1.165, 1.54) is 71.2 Å². The van der Waals surface area contributed by atoms with Crippen LogP contribution in [0.2, 0.25) is 0 Å². The Hall–Kier alpha value is 0.400. The van der Waals surface area contributed by atoms with Crippen molar-refractivity contribution in [3.05, 3.63) is 0 Å². The molecule has 5 fully saturated rings. The first-order valence-electron chi connectivity index (χ1n) is 8.11. The van der Waals surface area contributed by atoms with Crippen LogP contribution in [0.5, 0.6) is 0 Å². The lowest BCUT2D eigenvalue weighted by Crippen LogP contribution is -2.60. The van der Waals surface area contributed by atoms with Gasteiger partial charge in [0.05, 0.1) is 0 Å². The Kier molecular flexibility index (Phi) is 2.90. The predicted molar refractivity (Wildman–Crippen MR) is 82.7 cm³/mol. The maximum Gasteiger partial charge on any atom is 0.0271 e. The third-order valence-electron chi connectivity index (χ3n) is 6.16. The van der Waals surface area contributed by atoms with E-state index in [1.54, 1.807) is 0 Å². The topological polar surface area (TPSA) is 15.3 Å². The Balaban J connectivity index is 1.56. The van der Waals surface area contributed by atoms with Crippen LogP contribution in [0.25, 0.3) is 0 Å². The fourth-order valence-corrected chi connectivity index (χ4v) is 8.26. The number of nitrogens with one attached hydrogen (secondary N) is 1. The van der Waals surface area contributed by atoms with E-state index in [-0.39, 0.29) is 0 Å². The van der Waals surface area contributed by atoms with Crippen LogP contribution in [-0.4, -0.2) is 41.9 Å². The van der Waals surface area contributed by atoms with Gasteiger partial charge in [-0.3, -0.25) is 0 Å². The summed E-state index contributed by atoms with van der Waals surface area (Å²) in [6, 6.07) is 0. The molecule has 4 aliphatic carbocycles. The second-order valence-electron chi connectivity index (χ2n) is 8.50. The smallest absolute Gasteiger partial charge is 0.0271 e. The molecule has 19 heavy (non-hydrogen) atoms. The van der Waals surface area contributed by atoms with Crippen molar-refractivity contribution in [2.75, 3.05) is 32.7 Å². The summed E-state index contributed by atoms with van der Waals surface area (Å²) in [5.41, 5.74) is 1.27. The number of alkyl halides is 1. The van der Waals surface area contributed by atoms with Crippen LogP contribution in [0.3, 0.4) is 0 Å². The lowest BCUT2D eigenvalue weighted by atomic mass is 9.44. The van der Waals surface area contributed by atoms with E-state index in [9.17, 15) is 0 Å². The van der Waals surface area contributed by atoms with Gasteiger partial charge in [0.2, 0.25) is 0 Å². The molecule has 1 saturated heterocycles. The zero-order valence-corrected chi connectivity index (χ0v) is 13.8. The van der Waals surface area contributed by atoms with Crippen molar-refractivity contribution in [2.24, 2.45) is 16.7 Å². The first-order chi connectivity index (χ1) is 8.99. The summed E-state index contributed by atoms with van der Waals surface area (Å²) in [7, 11) is 0. The minimum atomic E-state index is 0.495. The van der Waals surface area contributed by atoms with Crippen molar-refractivity contribution in [1.82, 2.24) is 10.2 Å². The molecule has 0 aromatic rings. The first kappa shape index (κ1) is 13.1. The van der Waals surface area contributed by atoms with Crippen molar-refractivity contribution in [2.45, 2.75) is 49.8 Å². The van der Waals surface area contributed by atoms with Gasteiger partial charge in [-0.1, -0.05) is 22.9 Å². The Morgan fingerprint density at radius 1 is 1.11 bits per heavy atom. The molecule has 1 N–H and O–H groups in total. The number of rotatable bonds is 2. The molecule has 4 bridgehead atoms. The zero-order chi connectivity index (χ0) is 13.1. The van der Waals surface area contributed by atoms with Gasteiger partial charge in [-0.05, 0) is 55.3 Å². The molecule has 0 aromatic heterocycles. The van der Waals surface area contributed by atoms with Gasteiger partial charge in [0.25, 0.3) is 0 Å². The summed E-state index contributed by atoms with van der Waals surface area (Å²) in [6.45, 7) is 8.84. The van der Waals surface area contributed by atoms with Crippen molar-refractivity contribution < 1.29 is 0 Å². The second-order valence-corrected chi connectivity index (χ2v) is 10.2. The van der Waals surface area contributed by atoms with E-state index >= 15 is 0 Å². The van der Waals surface area contributed by atoms with E-state index in [2.05, 4.69) is 33.1 Å². The summed E-state index contributed by atoms with van der Waals surface area (Å²) in [6.07, 6.45) is 8.83. The number of hydrogen-bond acceptors (Lipinski definition) is 2. The Morgan fingerprint density at radius 2 is 1.89 bits per heavy atom. The molecular formula is C16H27BrN2. The fourth-order valence-electron chi connectivity index (χ4n) is 6.53. The third kappa shape index (κ3) is 2.30. The molecule has 0 radical (unpaired) electrons. The van der Waals surface area contributed by atoms with E-state index < -0.39 is 0 Å². The van der Waals surface area contributed by atoms with Crippen LogP contribution in [0.15, 0.2) is 0 Å². The van der Waals surface area contributed by atoms with Gasteiger partial charge >= 0.3 is 0 Å². The zero-order valence-electron chi connectivity index (χ0n) is 12.2.